The molecule has 0 aliphatic carbocycles. The molecule has 0 rings (SSSR count). The van der Waals surface area contributed by atoms with E-state index in [4.69, 9.17) is 30.6 Å². The molecule has 16 heteroatoms. The fraction of sp³-hybridized carbons (Fsp3) is 0.400. The van der Waals surface area contributed by atoms with Crippen molar-refractivity contribution in [3.8, 4) is 0 Å². The van der Waals surface area contributed by atoms with Crippen LogP contribution in [0.15, 0.2) is 0 Å². The SMILES string of the molecule is N.O=C(O)CCC(=O)C(=O)O.O=C(O)CCC(=O)C(=O)O.O=C(O)CCC(=O)C(=O)O. The van der Waals surface area contributed by atoms with E-state index in [0.29, 0.717) is 0 Å². The number of carboxylic acids is 6. The number of hydrogen-bond donors (Lipinski definition) is 7. The zero-order valence-electron chi connectivity index (χ0n) is 15.8. The fourth-order valence-corrected chi connectivity index (χ4v) is 0.982. The van der Waals surface area contributed by atoms with Gasteiger partial charge in [-0.3, -0.25) is 28.8 Å². The average Bonchev–Trinajstić information content (AvgIpc) is 2.62. The number of ketones is 3. The van der Waals surface area contributed by atoms with Gasteiger partial charge in [0.05, 0.1) is 19.3 Å². The van der Waals surface area contributed by atoms with Gasteiger partial charge in [0.15, 0.2) is 0 Å². The summed E-state index contributed by atoms with van der Waals surface area (Å²) in [5, 5.41) is 47.9. The van der Waals surface area contributed by atoms with Crippen molar-refractivity contribution in [2.75, 3.05) is 0 Å². The minimum atomic E-state index is -1.58. The molecule has 0 aromatic rings. The van der Waals surface area contributed by atoms with Crippen LogP contribution in [0, 0.1) is 0 Å². The predicted molar refractivity (Wildman–Crippen MR) is 93.6 cm³/mol. The van der Waals surface area contributed by atoms with Crippen LogP contribution in [0.1, 0.15) is 38.5 Å². The minimum absolute atomic E-state index is 0. The molecule has 9 N–H and O–H groups in total. The standard InChI is InChI=1S/3C5H6O5.H3N/c3*6-3(5(9)10)1-2-4(7)8;/h3*1-2H2,(H,7,8)(H,9,10);1H3. The van der Waals surface area contributed by atoms with E-state index in [1.54, 1.807) is 0 Å². The summed E-state index contributed by atoms with van der Waals surface area (Å²) in [4.78, 5) is 89.2. The summed E-state index contributed by atoms with van der Waals surface area (Å²) in [6.45, 7) is 0. The van der Waals surface area contributed by atoms with Gasteiger partial charge >= 0.3 is 35.8 Å². The quantitative estimate of drug-likeness (QED) is 0.168. The molecule has 16 nitrogen and oxygen atoms in total. The van der Waals surface area contributed by atoms with Gasteiger partial charge in [-0.2, -0.15) is 0 Å². The van der Waals surface area contributed by atoms with Crippen molar-refractivity contribution in [2.24, 2.45) is 0 Å². The number of Topliss-reactive ketones (excluding diaryl/α,β-unsaturated/α-hetero) is 3. The maximum Gasteiger partial charge on any atom is 0.372 e. The smallest absolute Gasteiger partial charge is 0.372 e. The first kappa shape index (κ1) is 34.3. The number of carbonyl (C=O) groups excluding carboxylic acids is 3. The number of carbonyl (C=O) groups is 9. The normalized spacial score (nSPS) is 8.52. The molecule has 0 atom stereocenters. The molecule has 0 aliphatic rings. The summed E-state index contributed by atoms with van der Waals surface area (Å²) in [6, 6.07) is 0. The molecule has 0 spiro atoms. The number of hydrogen-bond acceptors (Lipinski definition) is 10. The molecule has 0 heterocycles. The summed E-state index contributed by atoms with van der Waals surface area (Å²) in [5.74, 6) is -11.5. The molecule has 0 amide bonds. The van der Waals surface area contributed by atoms with Crippen LogP contribution in [-0.2, 0) is 43.2 Å². The Hall–Kier alpha value is -4.21. The Morgan fingerprint density at radius 3 is 0.613 bits per heavy atom. The Morgan fingerprint density at radius 1 is 0.355 bits per heavy atom. The highest BCUT2D eigenvalue weighted by Crippen LogP contribution is 1.91. The summed E-state index contributed by atoms with van der Waals surface area (Å²) in [7, 11) is 0. The van der Waals surface area contributed by atoms with Gasteiger partial charge in [-0.15, -0.1) is 0 Å². The van der Waals surface area contributed by atoms with Crippen LogP contribution in [0.5, 0.6) is 0 Å². The summed E-state index contributed by atoms with van der Waals surface area (Å²) in [6.07, 6.45) is -2.60. The molecule has 31 heavy (non-hydrogen) atoms. The molecule has 0 aromatic heterocycles. The first-order valence-electron chi connectivity index (χ1n) is 7.55. The van der Waals surface area contributed by atoms with Crippen LogP contribution in [0.3, 0.4) is 0 Å². The topological polar surface area (TPSA) is 310 Å². The zero-order chi connectivity index (χ0) is 24.4. The van der Waals surface area contributed by atoms with Crippen LogP contribution in [0.4, 0.5) is 0 Å². The summed E-state index contributed by atoms with van der Waals surface area (Å²) in [5.41, 5.74) is 0. The van der Waals surface area contributed by atoms with Crippen LogP contribution in [0.2, 0.25) is 0 Å². The van der Waals surface area contributed by atoms with E-state index in [2.05, 4.69) is 0 Å². The van der Waals surface area contributed by atoms with E-state index in [9.17, 15) is 43.2 Å². The largest absolute Gasteiger partial charge is 0.481 e. The van der Waals surface area contributed by atoms with E-state index >= 15 is 0 Å². The number of rotatable bonds is 12. The lowest BCUT2D eigenvalue weighted by Gasteiger charge is -1.88. The van der Waals surface area contributed by atoms with Crippen LogP contribution >= 0.6 is 0 Å². The van der Waals surface area contributed by atoms with Gasteiger partial charge < -0.3 is 36.8 Å². The third-order valence-corrected chi connectivity index (χ3v) is 2.41. The molecule has 176 valence electrons. The van der Waals surface area contributed by atoms with Crippen LogP contribution in [0.25, 0.3) is 0 Å². The Bertz CT molecular complexity index is 614. The molecule has 0 unspecified atom stereocenters. The van der Waals surface area contributed by atoms with Gasteiger partial charge in [0.1, 0.15) is 0 Å². The average molecular weight is 455 g/mol. The van der Waals surface area contributed by atoms with Gasteiger partial charge in [-0.05, 0) is 0 Å². The second kappa shape index (κ2) is 19.1. The molecule has 0 bridgehead atoms. The van der Waals surface area contributed by atoms with Crippen molar-refractivity contribution in [1.82, 2.24) is 6.15 Å². The Morgan fingerprint density at radius 2 is 0.516 bits per heavy atom. The fourth-order valence-electron chi connectivity index (χ4n) is 0.982. The molecule has 0 aliphatic heterocycles. The molecule has 0 fully saturated rings. The maximum absolute atomic E-state index is 10.2. The second-order valence-corrected chi connectivity index (χ2v) is 4.87. The molecular weight excluding hydrogens is 434 g/mol. The van der Waals surface area contributed by atoms with Gasteiger partial charge in [0, 0.05) is 19.3 Å². The van der Waals surface area contributed by atoms with E-state index in [0.717, 1.165) is 0 Å². The van der Waals surface area contributed by atoms with Gasteiger partial charge in [0.25, 0.3) is 0 Å². The Balaban J connectivity index is -0.000000174. The highest BCUT2D eigenvalue weighted by atomic mass is 16.4. The lowest BCUT2D eigenvalue weighted by molar-refractivity contribution is -0.150. The first-order valence-corrected chi connectivity index (χ1v) is 7.55. The van der Waals surface area contributed by atoms with Crippen molar-refractivity contribution < 1.29 is 73.8 Å². The number of aliphatic carboxylic acids is 6. The summed E-state index contributed by atoms with van der Waals surface area (Å²) >= 11 is 0. The third-order valence-electron chi connectivity index (χ3n) is 2.41. The highest BCUT2D eigenvalue weighted by molar-refractivity contribution is 6.33. The second-order valence-electron chi connectivity index (χ2n) is 4.87. The van der Waals surface area contributed by atoms with E-state index < -0.39 is 91.7 Å². The van der Waals surface area contributed by atoms with Crippen LogP contribution < -0.4 is 6.15 Å². The van der Waals surface area contributed by atoms with Gasteiger partial charge in [-0.1, -0.05) is 0 Å². The zero-order valence-corrected chi connectivity index (χ0v) is 15.8. The molecule has 0 saturated heterocycles. The minimum Gasteiger partial charge on any atom is -0.481 e. The summed E-state index contributed by atoms with van der Waals surface area (Å²) < 4.78 is 0. The molecule has 0 aromatic carbocycles. The lowest BCUT2D eigenvalue weighted by Crippen LogP contribution is -2.13. The van der Waals surface area contributed by atoms with E-state index in [1.807, 2.05) is 0 Å². The highest BCUT2D eigenvalue weighted by Gasteiger charge is 2.13. The lowest BCUT2D eigenvalue weighted by atomic mass is 10.2. The molecular formula is C15H21NO15. The maximum atomic E-state index is 10.2. The van der Waals surface area contributed by atoms with Crippen LogP contribution in [-0.4, -0.2) is 83.8 Å². The molecule has 0 saturated carbocycles. The predicted octanol–water partition coefficient (Wildman–Crippen LogP) is -1.32. The Kier molecular flexibility index (Phi) is 21.2. The van der Waals surface area contributed by atoms with E-state index in [1.165, 1.54) is 0 Å². The monoisotopic (exact) mass is 455 g/mol. The van der Waals surface area contributed by atoms with Crippen molar-refractivity contribution in [3.05, 3.63) is 0 Å². The first-order chi connectivity index (χ1) is 13.6. The Labute approximate surface area is 172 Å². The van der Waals surface area contributed by atoms with Crippen molar-refractivity contribution in [1.29, 1.82) is 0 Å². The van der Waals surface area contributed by atoms with Gasteiger partial charge in [0.2, 0.25) is 17.3 Å². The third kappa shape index (κ3) is 28.1. The molecule has 0 radical (unpaired) electrons. The van der Waals surface area contributed by atoms with Gasteiger partial charge in [-0.25, -0.2) is 14.4 Å². The van der Waals surface area contributed by atoms with E-state index in [-0.39, 0.29) is 6.15 Å². The van der Waals surface area contributed by atoms with Crippen molar-refractivity contribution in [3.63, 3.8) is 0 Å². The van der Waals surface area contributed by atoms with Crippen molar-refractivity contribution >= 4 is 53.2 Å². The number of carboxylic acid groups (broad SMARTS) is 6. The van der Waals surface area contributed by atoms with Crippen molar-refractivity contribution in [2.45, 2.75) is 38.5 Å².